The number of ketones is 2. The van der Waals surface area contributed by atoms with E-state index >= 15 is 0 Å². The second kappa shape index (κ2) is 21.5. The molecule has 58 heavy (non-hydrogen) atoms. The molecule has 10 nitrogen and oxygen atoms in total. The summed E-state index contributed by atoms with van der Waals surface area (Å²) in [4.78, 5) is 27.2. The third-order valence-corrected chi connectivity index (χ3v) is 14.8. The molecule has 1 radical (unpaired) electrons. The van der Waals surface area contributed by atoms with Gasteiger partial charge in [0.2, 0.25) is 5.79 Å². The second-order valence-corrected chi connectivity index (χ2v) is 18.8. The Labute approximate surface area is 376 Å². The minimum absolute atomic E-state index is 0. The predicted octanol–water partition coefficient (Wildman–Crippen LogP) is 8.12. The number of carbonyl (C=O) groups is 2. The van der Waals surface area contributed by atoms with Gasteiger partial charge in [-0.1, -0.05) is 62.3 Å². The van der Waals surface area contributed by atoms with Crippen LogP contribution in [-0.2, 0) is 66.0 Å². The monoisotopic (exact) mass is 893 g/mol. The third kappa shape index (κ3) is 10.6. The number of Topliss-reactive ketones (excluding diaryl/α,β-unsaturated/α-hetero) is 2. The molecule has 0 aromatic rings. The predicted molar refractivity (Wildman–Crippen MR) is 222 cm³/mol. The number of carbonyl (C=O) groups excluding carboxylic acids is 2. The Morgan fingerprint density at radius 1 is 0.879 bits per heavy atom. The van der Waals surface area contributed by atoms with Gasteiger partial charge in [-0.3, -0.25) is 4.79 Å². The molecule has 0 bridgehead atoms. The average molecular weight is 894 g/mol. The number of aliphatic hydroxyl groups excluding tert-OH is 2. The summed E-state index contributed by atoms with van der Waals surface area (Å²) in [6, 6.07) is 0. The first-order valence-corrected chi connectivity index (χ1v) is 22.6. The van der Waals surface area contributed by atoms with Crippen molar-refractivity contribution in [1.29, 1.82) is 0 Å². The summed E-state index contributed by atoms with van der Waals surface area (Å²) < 4.78 is 33.8. The average Bonchev–Trinajstić information content (AvgIpc) is 3.53. The summed E-state index contributed by atoms with van der Waals surface area (Å²) in [6.45, 7) is 29.3. The summed E-state index contributed by atoms with van der Waals surface area (Å²) in [5.41, 5.74) is -1.62. The Balaban J connectivity index is 0.00000218. The van der Waals surface area contributed by atoms with Crippen LogP contribution in [0.25, 0.3) is 0 Å². The molecular formula is C47H80O10Y-2. The number of aliphatic hydroxyl groups is 3. The van der Waals surface area contributed by atoms with E-state index in [2.05, 4.69) is 34.6 Å². The largest absolute Gasteiger partial charge is 0.392 e. The Kier molecular flexibility index (Phi) is 19.3. The van der Waals surface area contributed by atoms with E-state index in [1.54, 1.807) is 6.08 Å². The topological polar surface area (TPSA) is 141 Å². The molecular weight excluding hydrogens is 813 g/mol. The summed E-state index contributed by atoms with van der Waals surface area (Å²) in [7, 11) is 0. The molecule has 3 N–H and O–H groups in total. The number of hydrogen-bond donors (Lipinski definition) is 3. The van der Waals surface area contributed by atoms with Gasteiger partial charge in [0.25, 0.3) is 0 Å². The van der Waals surface area contributed by atoms with Crippen LogP contribution in [-0.4, -0.2) is 92.4 Å². The van der Waals surface area contributed by atoms with Crippen LogP contribution >= 0.6 is 0 Å². The van der Waals surface area contributed by atoms with Gasteiger partial charge in [0.1, 0.15) is 17.7 Å². The molecule has 2 spiro atoms. The maximum Gasteiger partial charge on any atom is 0.202 e. The van der Waals surface area contributed by atoms with Crippen LogP contribution in [0, 0.1) is 55.3 Å². The Morgan fingerprint density at radius 2 is 1.52 bits per heavy atom. The minimum atomic E-state index is -1.36. The Bertz CT molecular complexity index is 1360. The number of rotatable bonds is 13. The van der Waals surface area contributed by atoms with E-state index in [-0.39, 0.29) is 105 Å². The van der Waals surface area contributed by atoms with Crippen molar-refractivity contribution in [3.05, 3.63) is 26.0 Å². The van der Waals surface area contributed by atoms with Crippen molar-refractivity contribution in [2.45, 2.75) is 219 Å². The van der Waals surface area contributed by atoms with Crippen molar-refractivity contribution in [1.82, 2.24) is 0 Å². The molecule has 5 rings (SSSR count). The smallest absolute Gasteiger partial charge is 0.202 e. The zero-order valence-corrected chi connectivity index (χ0v) is 40.8. The Hall–Kier alpha value is -0.136. The summed E-state index contributed by atoms with van der Waals surface area (Å²) in [6.07, 6.45) is 7.70. The van der Waals surface area contributed by atoms with Crippen LogP contribution in [0.15, 0.2) is 12.2 Å². The fourth-order valence-electron chi connectivity index (χ4n) is 10.8. The Morgan fingerprint density at radius 3 is 2.09 bits per heavy atom. The normalized spacial score (nSPS) is 42.7. The van der Waals surface area contributed by atoms with E-state index in [0.717, 1.165) is 25.7 Å². The molecule has 1 unspecified atom stereocenters. The van der Waals surface area contributed by atoms with Crippen LogP contribution in [0.5, 0.6) is 0 Å². The molecule has 18 atom stereocenters. The molecule has 0 saturated carbocycles. The number of ether oxygens (including phenoxy) is 5. The first kappa shape index (κ1) is 52.2. The van der Waals surface area contributed by atoms with Gasteiger partial charge in [0, 0.05) is 68.7 Å². The van der Waals surface area contributed by atoms with E-state index in [1.165, 1.54) is 0 Å². The van der Waals surface area contributed by atoms with E-state index in [0.29, 0.717) is 44.9 Å². The molecule has 0 aromatic carbocycles. The molecule has 0 amide bonds. The number of hydrogen-bond acceptors (Lipinski definition) is 10. The van der Waals surface area contributed by atoms with Crippen molar-refractivity contribution >= 4 is 11.6 Å². The molecule has 333 valence electrons. The summed E-state index contributed by atoms with van der Waals surface area (Å²) >= 11 is 0. The quantitative estimate of drug-likeness (QED) is 0.123. The van der Waals surface area contributed by atoms with Gasteiger partial charge in [-0.25, -0.2) is 0 Å². The van der Waals surface area contributed by atoms with Gasteiger partial charge in [-0.05, 0) is 95.6 Å². The SMILES string of the molecule is [CH2-]CC.[CH2-]CC(=O)[C@H](CC)[C@H]1CC[C@H](C)[C@H]([C@@H](C)[C@H](O)[C@H](C)C(=O)[C@H](CC)[C@H]2O[C@]3(C=C[C@@H](O)[C@]4(CC[C@@](C)([C@H]5CC[C@](O)(CC)C(C)O5)O4)O3)[C@H](C)C[C@@H]2C)O1.[Y]. The van der Waals surface area contributed by atoms with Crippen molar-refractivity contribution in [3.63, 3.8) is 0 Å². The summed E-state index contributed by atoms with van der Waals surface area (Å²) in [5.74, 6) is -4.12. The maximum atomic E-state index is 14.5. The van der Waals surface area contributed by atoms with Crippen LogP contribution in [0.1, 0.15) is 153 Å². The van der Waals surface area contributed by atoms with Crippen LogP contribution < -0.4 is 0 Å². The molecule has 5 aliphatic heterocycles. The molecule has 0 aromatic heterocycles. The van der Waals surface area contributed by atoms with Crippen LogP contribution in [0.2, 0.25) is 0 Å². The second-order valence-electron chi connectivity index (χ2n) is 18.8. The van der Waals surface area contributed by atoms with E-state index in [9.17, 15) is 24.9 Å². The van der Waals surface area contributed by atoms with Gasteiger partial charge in [-0.2, -0.15) is 6.42 Å². The van der Waals surface area contributed by atoms with Gasteiger partial charge in [0.15, 0.2) is 5.79 Å². The molecule has 0 aliphatic carbocycles. The van der Waals surface area contributed by atoms with E-state index in [4.69, 9.17) is 23.7 Å². The van der Waals surface area contributed by atoms with Gasteiger partial charge in [0.05, 0.1) is 47.8 Å². The molecule has 4 fully saturated rings. The fraction of sp³-hybridized carbons (Fsp3) is 0.872. The van der Waals surface area contributed by atoms with Crippen molar-refractivity contribution < 1.29 is 81.3 Å². The van der Waals surface area contributed by atoms with Crippen molar-refractivity contribution in [2.24, 2.45) is 41.4 Å². The van der Waals surface area contributed by atoms with Gasteiger partial charge < -0.3 is 57.6 Å². The van der Waals surface area contributed by atoms with Gasteiger partial charge >= 0.3 is 0 Å². The first-order chi connectivity index (χ1) is 26.8. The standard InChI is InChI=1S/C44H73O10.C3H7.Y/c1-12-31(33(45)14-3)34-17-16-25(5)39(51-34)29(9)37(47)28(8)38(48)32(13-2)40-26(6)24-27(7)43(52-40)21-18-35(46)44(54-43)23-22-41(11,53-44)36-19-20-42(49,15-4)30(10)50-36;1-3-2;/h18,21,25-32,34-37,39-40,46-47,49H,3,12-17,19-20,22-24H2,1-2,4-11H3;1,3H2,2H3;/q2*-1;/t25-,26-,27+,28-,29-,30?,31-,32-,34+,35+,36+,37+,39+,40-,41-,42+,43-,44-;;/m0../s1. The molecule has 5 heterocycles. The molecule has 11 heteroatoms. The minimum Gasteiger partial charge on any atom is -0.392 e. The van der Waals surface area contributed by atoms with Crippen LogP contribution in [0.4, 0.5) is 0 Å². The van der Waals surface area contributed by atoms with E-state index in [1.807, 2.05) is 61.5 Å². The maximum absolute atomic E-state index is 14.5. The van der Waals surface area contributed by atoms with Crippen molar-refractivity contribution in [2.75, 3.05) is 0 Å². The summed E-state index contributed by atoms with van der Waals surface area (Å²) in [5, 5.41) is 34.3. The van der Waals surface area contributed by atoms with E-state index < -0.39 is 52.9 Å². The third-order valence-electron chi connectivity index (χ3n) is 14.8. The first-order valence-electron chi connectivity index (χ1n) is 22.6. The molecule has 5 aliphatic rings. The van der Waals surface area contributed by atoms with Crippen LogP contribution in [0.3, 0.4) is 0 Å². The molecule has 4 saturated heterocycles. The van der Waals surface area contributed by atoms with Gasteiger partial charge in [-0.15, -0.1) is 6.42 Å². The van der Waals surface area contributed by atoms with Crippen molar-refractivity contribution in [3.8, 4) is 0 Å². The zero-order valence-electron chi connectivity index (χ0n) is 37.9. The fourth-order valence-corrected chi connectivity index (χ4v) is 10.8. The zero-order chi connectivity index (χ0) is 42.7.